The second kappa shape index (κ2) is 5.51. The van der Waals surface area contributed by atoms with E-state index in [-0.39, 0.29) is 5.92 Å². The quantitative estimate of drug-likeness (QED) is 0.906. The van der Waals surface area contributed by atoms with Crippen LogP contribution in [-0.4, -0.2) is 24.7 Å². The monoisotopic (exact) mass is 291 g/mol. The zero-order valence-electron chi connectivity index (χ0n) is 8.74. The molecule has 0 saturated heterocycles. The normalized spacial score (nSPS) is 12.5. The maximum absolute atomic E-state index is 10.9. The van der Waals surface area contributed by atoms with E-state index in [1.165, 1.54) is 0 Å². The molecular weight excluding hydrogens is 278 g/mol. The second-order valence-electron chi connectivity index (χ2n) is 3.43. The standard InChI is InChI=1S/C10H14BrNO2S/c1-3-7(10(13)14)5-12(2)9-4-8(11)6-15-9/h4,6-7H,3,5H2,1-2H3,(H,13,14). The topological polar surface area (TPSA) is 40.5 Å². The van der Waals surface area contributed by atoms with E-state index in [0.717, 1.165) is 9.47 Å². The Kier molecular flexibility index (Phi) is 4.60. The molecule has 0 saturated carbocycles. The molecule has 0 radical (unpaired) electrons. The molecular formula is C10H14BrNO2S. The third-order valence-electron chi connectivity index (χ3n) is 2.27. The highest BCUT2D eigenvalue weighted by atomic mass is 79.9. The molecule has 84 valence electrons. The first-order valence-electron chi connectivity index (χ1n) is 4.72. The fraction of sp³-hybridized carbons (Fsp3) is 0.500. The maximum atomic E-state index is 10.9. The summed E-state index contributed by atoms with van der Waals surface area (Å²) in [5.41, 5.74) is 0. The van der Waals surface area contributed by atoms with Crippen LogP contribution < -0.4 is 4.90 Å². The Morgan fingerprint density at radius 2 is 2.40 bits per heavy atom. The Bertz CT molecular complexity index is 340. The van der Waals surface area contributed by atoms with Crippen molar-refractivity contribution in [2.45, 2.75) is 13.3 Å². The number of hydrogen-bond donors (Lipinski definition) is 1. The molecule has 1 rings (SSSR count). The Balaban J connectivity index is 2.62. The van der Waals surface area contributed by atoms with Crippen molar-refractivity contribution in [1.82, 2.24) is 0 Å². The van der Waals surface area contributed by atoms with E-state index in [1.807, 2.05) is 30.3 Å². The van der Waals surface area contributed by atoms with Crippen LogP contribution in [0, 0.1) is 5.92 Å². The molecule has 5 heteroatoms. The molecule has 0 bridgehead atoms. The van der Waals surface area contributed by atoms with Crippen molar-refractivity contribution in [3.05, 3.63) is 15.9 Å². The van der Waals surface area contributed by atoms with E-state index in [1.54, 1.807) is 11.3 Å². The van der Waals surface area contributed by atoms with Crippen molar-refractivity contribution in [3.63, 3.8) is 0 Å². The first-order chi connectivity index (χ1) is 7.04. The van der Waals surface area contributed by atoms with Crippen LogP contribution in [0.3, 0.4) is 0 Å². The average Bonchev–Trinajstić information content (AvgIpc) is 2.60. The van der Waals surface area contributed by atoms with Crippen molar-refractivity contribution in [1.29, 1.82) is 0 Å². The van der Waals surface area contributed by atoms with Crippen LogP contribution in [0.1, 0.15) is 13.3 Å². The van der Waals surface area contributed by atoms with Gasteiger partial charge in [0.05, 0.1) is 10.9 Å². The number of carbonyl (C=O) groups is 1. The molecule has 0 amide bonds. The number of hydrogen-bond acceptors (Lipinski definition) is 3. The molecule has 0 aliphatic carbocycles. The first-order valence-corrected chi connectivity index (χ1v) is 6.39. The van der Waals surface area contributed by atoms with Gasteiger partial charge in [0.25, 0.3) is 0 Å². The minimum atomic E-state index is -0.722. The van der Waals surface area contributed by atoms with Gasteiger partial charge in [-0.15, -0.1) is 11.3 Å². The number of rotatable bonds is 5. The van der Waals surface area contributed by atoms with Crippen molar-refractivity contribution < 1.29 is 9.90 Å². The van der Waals surface area contributed by atoms with Gasteiger partial charge >= 0.3 is 5.97 Å². The van der Waals surface area contributed by atoms with Crippen LogP contribution >= 0.6 is 27.3 Å². The van der Waals surface area contributed by atoms with Gasteiger partial charge < -0.3 is 10.0 Å². The van der Waals surface area contributed by atoms with Crippen molar-refractivity contribution in [2.24, 2.45) is 5.92 Å². The molecule has 0 spiro atoms. The average molecular weight is 292 g/mol. The highest BCUT2D eigenvalue weighted by Crippen LogP contribution is 2.28. The molecule has 3 nitrogen and oxygen atoms in total. The van der Waals surface area contributed by atoms with Gasteiger partial charge in [0.15, 0.2) is 0 Å². The third-order valence-corrected chi connectivity index (χ3v) is 4.07. The first kappa shape index (κ1) is 12.5. The summed E-state index contributed by atoms with van der Waals surface area (Å²) in [6, 6.07) is 2.00. The van der Waals surface area contributed by atoms with Crippen LogP contribution in [0.2, 0.25) is 0 Å². The summed E-state index contributed by atoms with van der Waals surface area (Å²) in [7, 11) is 1.92. The molecule has 0 aromatic carbocycles. The minimum absolute atomic E-state index is 0.295. The lowest BCUT2D eigenvalue weighted by atomic mass is 10.1. The molecule has 1 aromatic rings. The van der Waals surface area contributed by atoms with Gasteiger partial charge in [-0.25, -0.2) is 0 Å². The molecule has 1 atom stereocenters. The van der Waals surface area contributed by atoms with Crippen LogP contribution in [0.15, 0.2) is 15.9 Å². The molecule has 0 fully saturated rings. The highest BCUT2D eigenvalue weighted by Gasteiger charge is 2.17. The van der Waals surface area contributed by atoms with E-state index in [9.17, 15) is 4.79 Å². The third kappa shape index (κ3) is 3.50. The Labute approximate surface area is 102 Å². The van der Waals surface area contributed by atoms with Gasteiger partial charge in [0, 0.05) is 23.4 Å². The number of anilines is 1. The molecule has 1 unspecified atom stereocenters. The zero-order chi connectivity index (χ0) is 11.4. The fourth-order valence-electron chi connectivity index (χ4n) is 1.31. The van der Waals surface area contributed by atoms with E-state index in [4.69, 9.17) is 5.11 Å². The van der Waals surface area contributed by atoms with Gasteiger partial charge in [-0.05, 0) is 28.4 Å². The molecule has 1 N–H and O–H groups in total. The summed E-state index contributed by atoms with van der Waals surface area (Å²) >= 11 is 4.99. The van der Waals surface area contributed by atoms with Crippen LogP contribution in [0.25, 0.3) is 0 Å². The number of halogens is 1. The Morgan fingerprint density at radius 3 is 2.80 bits per heavy atom. The van der Waals surface area contributed by atoms with E-state index in [0.29, 0.717) is 13.0 Å². The summed E-state index contributed by atoms with van der Waals surface area (Å²) in [5.74, 6) is -1.02. The van der Waals surface area contributed by atoms with Crippen LogP contribution in [0.5, 0.6) is 0 Å². The van der Waals surface area contributed by atoms with Gasteiger partial charge in [0.1, 0.15) is 0 Å². The number of carboxylic acid groups (broad SMARTS) is 1. The van der Waals surface area contributed by atoms with E-state index >= 15 is 0 Å². The summed E-state index contributed by atoms with van der Waals surface area (Å²) in [6.07, 6.45) is 0.659. The van der Waals surface area contributed by atoms with E-state index in [2.05, 4.69) is 15.9 Å². The van der Waals surface area contributed by atoms with Crippen molar-refractivity contribution >= 4 is 38.2 Å². The number of thiophene rings is 1. The fourth-order valence-corrected chi connectivity index (χ4v) is 2.70. The number of carboxylic acids is 1. The van der Waals surface area contributed by atoms with Crippen molar-refractivity contribution in [3.8, 4) is 0 Å². The number of aliphatic carboxylic acids is 1. The molecule has 1 aromatic heterocycles. The summed E-state index contributed by atoms with van der Waals surface area (Å²) in [6.45, 7) is 2.45. The largest absolute Gasteiger partial charge is 0.481 e. The Morgan fingerprint density at radius 1 is 1.73 bits per heavy atom. The van der Waals surface area contributed by atoms with E-state index < -0.39 is 5.97 Å². The molecule has 15 heavy (non-hydrogen) atoms. The van der Waals surface area contributed by atoms with Crippen LogP contribution in [-0.2, 0) is 4.79 Å². The van der Waals surface area contributed by atoms with Crippen LogP contribution in [0.4, 0.5) is 5.00 Å². The lowest BCUT2D eigenvalue weighted by Gasteiger charge is -2.20. The van der Waals surface area contributed by atoms with Crippen molar-refractivity contribution in [2.75, 3.05) is 18.5 Å². The second-order valence-corrected chi connectivity index (χ2v) is 5.23. The lowest BCUT2D eigenvalue weighted by Crippen LogP contribution is -2.29. The predicted molar refractivity (Wildman–Crippen MR) is 66.7 cm³/mol. The van der Waals surface area contributed by atoms with Gasteiger partial charge in [-0.3, -0.25) is 4.79 Å². The summed E-state index contributed by atoms with van der Waals surface area (Å²) < 4.78 is 1.04. The highest BCUT2D eigenvalue weighted by molar-refractivity contribution is 9.10. The molecule has 1 heterocycles. The van der Waals surface area contributed by atoms with Gasteiger partial charge in [-0.2, -0.15) is 0 Å². The number of nitrogens with zero attached hydrogens (tertiary/aromatic N) is 1. The minimum Gasteiger partial charge on any atom is -0.481 e. The maximum Gasteiger partial charge on any atom is 0.308 e. The SMILES string of the molecule is CCC(CN(C)c1cc(Br)cs1)C(=O)O. The van der Waals surface area contributed by atoms with Gasteiger partial charge in [0.2, 0.25) is 0 Å². The summed E-state index contributed by atoms with van der Waals surface area (Å²) in [4.78, 5) is 12.9. The molecule has 0 aliphatic heterocycles. The summed E-state index contributed by atoms with van der Waals surface area (Å²) in [5, 5.41) is 12.0. The smallest absolute Gasteiger partial charge is 0.308 e. The Hall–Kier alpha value is -0.550. The zero-order valence-corrected chi connectivity index (χ0v) is 11.1. The predicted octanol–water partition coefficient (Wildman–Crippen LogP) is 3.06. The van der Waals surface area contributed by atoms with Gasteiger partial charge in [-0.1, -0.05) is 6.92 Å². The molecule has 0 aliphatic rings. The lowest BCUT2D eigenvalue weighted by molar-refractivity contribution is -0.141.